The molecule has 1 aliphatic heterocycles. The van der Waals surface area contributed by atoms with Gasteiger partial charge in [-0.15, -0.1) is 0 Å². The van der Waals surface area contributed by atoms with E-state index in [1.165, 1.54) is 6.07 Å². The van der Waals surface area contributed by atoms with Gasteiger partial charge in [-0.2, -0.15) is 0 Å². The average Bonchev–Trinajstić information content (AvgIpc) is 2.88. The first-order chi connectivity index (χ1) is 10.7. The number of benzene rings is 1. The second kappa shape index (κ2) is 6.62. The minimum Gasteiger partial charge on any atom is -0.350 e. The van der Waals surface area contributed by atoms with E-state index in [0.29, 0.717) is 25.1 Å². The zero-order valence-corrected chi connectivity index (χ0v) is 13.6. The molecule has 1 saturated heterocycles. The Morgan fingerprint density at radius 3 is 2.70 bits per heavy atom. The van der Waals surface area contributed by atoms with Crippen molar-refractivity contribution in [1.82, 2.24) is 10.6 Å². The largest absolute Gasteiger partial charge is 0.350 e. The van der Waals surface area contributed by atoms with Crippen LogP contribution in [0.1, 0.15) is 43.1 Å². The minimum absolute atomic E-state index is 0.0621. The van der Waals surface area contributed by atoms with Crippen LogP contribution in [0.2, 0.25) is 0 Å². The lowest BCUT2D eigenvalue weighted by atomic mass is 9.85. The van der Waals surface area contributed by atoms with Gasteiger partial charge in [0.05, 0.1) is 4.92 Å². The average molecular weight is 323 g/mol. The molecule has 23 heavy (non-hydrogen) atoms. The van der Waals surface area contributed by atoms with E-state index in [4.69, 9.17) is 0 Å². The van der Waals surface area contributed by atoms with Crippen molar-refractivity contribution in [2.45, 2.75) is 44.8 Å². The third kappa shape index (κ3) is 4.25. The van der Waals surface area contributed by atoms with Gasteiger partial charge in [-0.3, -0.25) is 14.9 Å². The molecule has 0 unspecified atom stereocenters. The van der Waals surface area contributed by atoms with Crippen LogP contribution in [0.4, 0.5) is 10.1 Å². The van der Waals surface area contributed by atoms with Crippen molar-refractivity contribution in [3.8, 4) is 0 Å². The van der Waals surface area contributed by atoms with Crippen molar-refractivity contribution in [2.75, 3.05) is 13.1 Å². The summed E-state index contributed by atoms with van der Waals surface area (Å²) in [4.78, 5) is 23.0. The molecule has 0 saturated carbocycles. The van der Waals surface area contributed by atoms with Crippen LogP contribution in [-0.2, 0) is 5.41 Å². The number of nitrogens with zero attached hydrogens (tertiary/aromatic N) is 1. The van der Waals surface area contributed by atoms with E-state index < -0.39 is 17.0 Å². The molecular formula is C16H22FN3O3. The Balaban J connectivity index is 2.11. The second-order valence-electron chi connectivity index (χ2n) is 6.89. The fraction of sp³-hybridized carbons (Fsp3) is 0.562. The van der Waals surface area contributed by atoms with Crippen molar-refractivity contribution in [3.05, 3.63) is 39.4 Å². The normalized spacial score (nSPS) is 21.2. The number of rotatable bonds is 4. The fourth-order valence-electron chi connectivity index (χ4n) is 2.70. The third-order valence-corrected chi connectivity index (χ3v) is 3.94. The van der Waals surface area contributed by atoms with E-state index in [-0.39, 0.29) is 22.7 Å². The van der Waals surface area contributed by atoms with Crippen LogP contribution in [0.5, 0.6) is 0 Å². The SMILES string of the molecule is CC(C)(C)c1ccc(C(=O)NC[C@@H]2C[C@H](F)CN2)cc1[N+](=O)[O-]. The van der Waals surface area contributed by atoms with Crippen molar-refractivity contribution >= 4 is 11.6 Å². The molecule has 2 N–H and O–H groups in total. The van der Waals surface area contributed by atoms with E-state index in [2.05, 4.69) is 10.6 Å². The third-order valence-electron chi connectivity index (χ3n) is 3.94. The molecule has 126 valence electrons. The molecule has 1 aromatic carbocycles. The summed E-state index contributed by atoms with van der Waals surface area (Å²) in [6.07, 6.45) is -0.521. The Bertz CT molecular complexity index is 613. The molecule has 1 heterocycles. The molecule has 2 rings (SSSR count). The van der Waals surface area contributed by atoms with Crippen LogP contribution in [0.3, 0.4) is 0 Å². The van der Waals surface area contributed by atoms with Crippen molar-refractivity contribution in [1.29, 1.82) is 0 Å². The number of nitrogens with one attached hydrogen (secondary N) is 2. The molecule has 2 atom stereocenters. The Morgan fingerprint density at radius 1 is 1.48 bits per heavy atom. The number of amides is 1. The van der Waals surface area contributed by atoms with Crippen LogP contribution in [0.25, 0.3) is 0 Å². The fourth-order valence-corrected chi connectivity index (χ4v) is 2.70. The summed E-state index contributed by atoms with van der Waals surface area (Å²) in [5.41, 5.74) is 0.366. The highest BCUT2D eigenvalue weighted by atomic mass is 19.1. The lowest BCUT2D eigenvalue weighted by molar-refractivity contribution is -0.386. The topological polar surface area (TPSA) is 84.3 Å². The van der Waals surface area contributed by atoms with Crippen LogP contribution in [0.15, 0.2) is 18.2 Å². The van der Waals surface area contributed by atoms with Gasteiger partial charge in [-0.1, -0.05) is 26.8 Å². The van der Waals surface area contributed by atoms with Gasteiger partial charge in [0.1, 0.15) is 6.17 Å². The van der Waals surface area contributed by atoms with Gasteiger partial charge < -0.3 is 10.6 Å². The smallest absolute Gasteiger partial charge is 0.273 e. The van der Waals surface area contributed by atoms with Crippen molar-refractivity contribution in [3.63, 3.8) is 0 Å². The van der Waals surface area contributed by atoms with Gasteiger partial charge in [0.2, 0.25) is 0 Å². The lowest BCUT2D eigenvalue weighted by Crippen LogP contribution is -2.37. The van der Waals surface area contributed by atoms with Gasteiger partial charge in [-0.25, -0.2) is 4.39 Å². The maximum atomic E-state index is 13.1. The second-order valence-corrected chi connectivity index (χ2v) is 6.89. The predicted octanol–water partition coefficient (Wildman–Crippen LogP) is 2.32. The number of alkyl halides is 1. The maximum absolute atomic E-state index is 13.1. The number of nitro benzene ring substituents is 1. The van der Waals surface area contributed by atoms with Crippen molar-refractivity contribution in [2.24, 2.45) is 0 Å². The highest BCUT2D eigenvalue weighted by molar-refractivity contribution is 5.95. The summed E-state index contributed by atoms with van der Waals surface area (Å²) < 4.78 is 13.1. The summed E-state index contributed by atoms with van der Waals surface area (Å²) in [5, 5.41) is 16.9. The summed E-state index contributed by atoms with van der Waals surface area (Å²) in [6.45, 7) is 6.25. The molecular weight excluding hydrogens is 301 g/mol. The molecule has 0 bridgehead atoms. The molecule has 0 spiro atoms. The van der Waals surface area contributed by atoms with E-state index >= 15 is 0 Å². The molecule has 0 aliphatic carbocycles. The summed E-state index contributed by atoms with van der Waals surface area (Å²) >= 11 is 0. The predicted molar refractivity (Wildman–Crippen MR) is 85.4 cm³/mol. The van der Waals surface area contributed by atoms with Crippen molar-refractivity contribution < 1.29 is 14.1 Å². The molecule has 6 nitrogen and oxygen atoms in total. The standard InChI is InChI=1S/C16H22FN3O3/c1-16(2,3)13-5-4-10(6-14(13)20(22)23)15(21)19-9-12-7-11(17)8-18-12/h4-6,11-12,18H,7-9H2,1-3H3,(H,19,21)/t11-,12-/m0/s1. The zero-order valence-electron chi connectivity index (χ0n) is 13.6. The molecule has 1 aromatic rings. The van der Waals surface area contributed by atoms with E-state index in [0.717, 1.165) is 0 Å². The Kier molecular flexibility index (Phi) is 4.99. The van der Waals surface area contributed by atoms with Gasteiger partial charge in [-0.05, 0) is 17.9 Å². The quantitative estimate of drug-likeness (QED) is 0.658. The number of hydrogen-bond acceptors (Lipinski definition) is 4. The van der Waals surface area contributed by atoms with Gasteiger partial charge >= 0.3 is 0 Å². The summed E-state index contributed by atoms with van der Waals surface area (Å²) in [6, 6.07) is 4.41. The number of nitro groups is 1. The summed E-state index contributed by atoms with van der Waals surface area (Å²) in [7, 11) is 0. The van der Waals surface area contributed by atoms with Gasteiger partial charge in [0.25, 0.3) is 11.6 Å². The zero-order chi connectivity index (χ0) is 17.2. The van der Waals surface area contributed by atoms with Crippen LogP contribution in [-0.4, -0.2) is 36.1 Å². The van der Waals surface area contributed by atoms with Crippen LogP contribution < -0.4 is 10.6 Å². The first kappa shape index (κ1) is 17.3. The Morgan fingerprint density at radius 2 is 2.17 bits per heavy atom. The summed E-state index contributed by atoms with van der Waals surface area (Å²) in [5.74, 6) is -0.391. The monoisotopic (exact) mass is 323 g/mol. The van der Waals surface area contributed by atoms with Gasteiger partial charge in [0.15, 0.2) is 0 Å². The van der Waals surface area contributed by atoms with E-state index in [9.17, 15) is 19.3 Å². The Hall–Kier alpha value is -2.02. The maximum Gasteiger partial charge on any atom is 0.273 e. The first-order valence-electron chi connectivity index (χ1n) is 7.63. The highest BCUT2D eigenvalue weighted by Gasteiger charge is 2.27. The molecule has 1 aliphatic rings. The van der Waals surface area contributed by atoms with Gasteiger partial charge in [0, 0.05) is 36.3 Å². The first-order valence-corrected chi connectivity index (χ1v) is 7.63. The molecule has 0 aromatic heterocycles. The molecule has 7 heteroatoms. The minimum atomic E-state index is -0.885. The number of carbonyl (C=O) groups excluding carboxylic acids is 1. The number of halogens is 1. The van der Waals surface area contributed by atoms with Crippen LogP contribution in [0, 0.1) is 10.1 Å². The molecule has 0 radical (unpaired) electrons. The van der Waals surface area contributed by atoms with E-state index in [1.807, 2.05) is 20.8 Å². The number of carbonyl (C=O) groups is 1. The van der Waals surface area contributed by atoms with Crippen LogP contribution >= 0.6 is 0 Å². The van der Waals surface area contributed by atoms with E-state index in [1.54, 1.807) is 12.1 Å². The Labute approximate surface area is 134 Å². The molecule has 1 amide bonds. The highest BCUT2D eigenvalue weighted by Crippen LogP contribution is 2.31. The number of hydrogen-bond donors (Lipinski definition) is 2. The lowest BCUT2D eigenvalue weighted by Gasteiger charge is -2.19. The molecule has 1 fully saturated rings.